The second kappa shape index (κ2) is 10.5. The predicted octanol–water partition coefficient (Wildman–Crippen LogP) is 5.22. The lowest BCUT2D eigenvalue weighted by molar-refractivity contribution is -0.111. The molecule has 1 fully saturated rings. The number of carbonyl (C=O) groups excluding carboxylic acids is 1. The fourth-order valence-corrected chi connectivity index (χ4v) is 4.14. The number of rotatable bonds is 6. The molecule has 3 aromatic carbocycles. The minimum atomic E-state index is -0.159. The molecule has 3 N–H and O–H groups in total. The van der Waals surface area contributed by atoms with Crippen LogP contribution in [0.3, 0.4) is 0 Å². The van der Waals surface area contributed by atoms with Gasteiger partial charge in [-0.2, -0.15) is 0 Å². The average molecular weight is 466 g/mol. The van der Waals surface area contributed by atoms with Crippen molar-refractivity contribution in [1.82, 2.24) is 15.3 Å². The van der Waals surface area contributed by atoms with E-state index in [0.29, 0.717) is 5.95 Å². The van der Waals surface area contributed by atoms with Crippen LogP contribution in [0.5, 0.6) is 0 Å². The van der Waals surface area contributed by atoms with Crippen LogP contribution in [0.4, 0.5) is 17.3 Å². The second-order valence-corrected chi connectivity index (χ2v) is 8.32. The predicted molar refractivity (Wildman–Crippen MR) is 140 cm³/mol. The summed E-state index contributed by atoms with van der Waals surface area (Å²) < 4.78 is 5.83. The average Bonchev–Trinajstić information content (AvgIpc) is 2.89. The van der Waals surface area contributed by atoms with Crippen molar-refractivity contribution in [2.45, 2.75) is 13.0 Å². The monoisotopic (exact) mass is 465 g/mol. The number of fused-ring (bicyclic) bond motifs is 1. The largest absolute Gasteiger partial charge is 0.371 e. The summed E-state index contributed by atoms with van der Waals surface area (Å²) >= 11 is 0. The van der Waals surface area contributed by atoms with E-state index in [0.717, 1.165) is 58.7 Å². The molecule has 4 aromatic rings. The topological polar surface area (TPSA) is 88.2 Å². The zero-order valence-electron chi connectivity index (χ0n) is 19.5. The van der Waals surface area contributed by atoms with E-state index in [1.807, 2.05) is 67.7 Å². The summed E-state index contributed by atoms with van der Waals surface area (Å²) in [6.45, 7) is 4.26. The van der Waals surface area contributed by atoms with E-state index < -0.39 is 0 Å². The Kier molecular flexibility index (Phi) is 6.79. The maximum Gasteiger partial charge on any atom is 0.248 e. The molecule has 1 saturated heterocycles. The molecule has 176 valence electrons. The van der Waals surface area contributed by atoms with Crippen LogP contribution in [0.15, 0.2) is 85.1 Å². The van der Waals surface area contributed by atoms with Gasteiger partial charge in [-0.15, -0.1) is 0 Å². The van der Waals surface area contributed by atoms with E-state index in [1.165, 1.54) is 6.08 Å². The van der Waals surface area contributed by atoms with Gasteiger partial charge in [0, 0.05) is 41.6 Å². The van der Waals surface area contributed by atoms with Gasteiger partial charge in [0.15, 0.2) is 0 Å². The Hall–Kier alpha value is -4.07. The zero-order chi connectivity index (χ0) is 24.0. The van der Waals surface area contributed by atoms with Gasteiger partial charge < -0.3 is 20.7 Å². The summed E-state index contributed by atoms with van der Waals surface area (Å²) in [5.41, 5.74) is 5.54. The Morgan fingerprint density at radius 1 is 1.09 bits per heavy atom. The quantitative estimate of drug-likeness (QED) is 0.339. The highest BCUT2D eigenvalue weighted by atomic mass is 16.5. The van der Waals surface area contributed by atoms with Gasteiger partial charge in [-0.3, -0.25) is 4.79 Å². The number of nitrogens with one attached hydrogen (secondary N) is 3. The fourth-order valence-electron chi connectivity index (χ4n) is 4.14. The lowest BCUT2D eigenvalue weighted by atomic mass is 10.0. The third-order valence-corrected chi connectivity index (χ3v) is 5.84. The number of hydrogen-bond donors (Lipinski definition) is 3. The van der Waals surface area contributed by atoms with Crippen molar-refractivity contribution < 1.29 is 9.53 Å². The van der Waals surface area contributed by atoms with Gasteiger partial charge in [0.05, 0.1) is 18.2 Å². The van der Waals surface area contributed by atoms with Crippen LogP contribution in [-0.4, -0.2) is 35.6 Å². The van der Waals surface area contributed by atoms with Crippen LogP contribution < -0.4 is 16.0 Å². The lowest BCUT2D eigenvalue weighted by Gasteiger charge is -2.24. The fraction of sp³-hybridized carbons (Fsp3) is 0.179. The number of allylic oxidation sites excluding steroid dienone is 1. The standard InChI is InChI=1S/C28H27N5O2/c1-2-5-26(34)31-23-8-3-6-20(16-23)24-9-4-7-21-17-30-28(33-27(21)24)32-22-12-10-19(11-13-22)25-18-29-14-15-35-25/h2-13,16-17,25,29H,14-15,18H2,1H3,(H,31,34)(H,30,32,33)/b5-2+. The smallest absolute Gasteiger partial charge is 0.248 e. The molecule has 1 amide bonds. The lowest BCUT2D eigenvalue weighted by Crippen LogP contribution is -2.33. The van der Waals surface area contributed by atoms with Crippen LogP contribution in [0.1, 0.15) is 18.6 Å². The third kappa shape index (κ3) is 5.37. The molecule has 7 nitrogen and oxygen atoms in total. The molecule has 0 aliphatic carbocycles. The van der Waals surface area contributed by atoms with E-state index >= 15 is 0 Å². The van der Waals surface area contributed by atoms with Crippen LogP contribution in [0.2, 0.25) is 0 Å². The SMILES string of the molecule is C/C=C/C(=O)Nc1cccc(-c2cccc3cnc(Nc4ccc(C5CNCCO5)cc4)nc23)c1. The number of aromatic nitrogens is 2. The van der Waals surface area contributed by atoms with Crippen molar-refractivity contribution in [1.29, 1.82) is 0 Å². The molecule has 1 aromatic heterocycles. The summed E-state index contributed by atoms with van der Waals surface area (Å²) in [6.07, 6.45) is 5.11. The second-order valence-electron chi connectivity index (χ2n) is 8.32. The van der Waals surface area contributed by atoms with Crippen molar-refractivity contribution in [3.8, 4) is 11.1 Å². The highest BCUT2D eigenvalue weighted by Gasteiger charge is 2.15. The molecule has 7 heteroatoms. The Labute approximate surface area is 204 Å². The highest BCUT2D eigenvalue weighted by Crippen LogP contribution is 2.30. The Balaban J connectivity index is 1.40. The number of morpholine rings is 1. The van der Waals surface area contributed by atoms with Crippen LogP contribution in [-0.2, 0) is 9.53 Å². The first-order valence-corrected chi connectivity index (χ1v) is 11.7. The Bertz CT molecular complexity index is 1360. The molecule has 35 heavy (non-hydrogen) atoms. The molecular formula is C28H27N5O2. The van der Waals surface area contributed by atoms with Crippen LogP contribution in [0, 0.1) is 0 Å². The van der Waals surface area contributed by atoms with Crippen molar-refractivity contribution in [3.05, 3.63) is 90.6 Å². The van der Waals surface area contributed by atoms with Gasteiger partial charge in [-0.05, 0) is 48.4 Å². The summed E-state index contributed by atoms with van der Waals surface area (Å²) in [4.78, 5) is 21.3. The van der Waals surface area contributed by atoms with Crippen molar-refractivity contribution in [2.24, 2.45) is 0 Å². The molecule has 2 heterocycles. The molecule has 1 aliphatic heterocycles. The molecule has 0 bridgehead atoms. The van der Waals surface area contributed by atoms with Crippen LogP contribution >= 0.6 is 0 Å². The Morgan fingerprint density at radius 2 is 1.94 bits per heavy atom. The number of nitrogens with zero attached hydrogens (tertiary/aromatic N) is 2. The number of hydrogen-bond acceptors (Lipinski definition) is 6. The maximum atomic E-state index is 12.0. The molecule has 1 aliphatic rings. The summed E-state index contributed by atoms with van der Waals surface area (Å²) in [5.74, 6) is 0.361. The normalized spacial score (nSPS) is 15.9. The maximum absolute atomic E-state index is 12.0. The van der Waals surface area contributed by atoms with Gasteiger partial charge in [0.25, 0.3) is 0 Å². The van der Waals surface area contributed by atoms with Gasteiger partial charge >= 0.3 is 0 Å². The zero-order valence-corrected chi connectivity index (χ0v) is 19.5. The number of amides is 1. The Morgan fingerprint density at radius 3 is 2.74 bits per heavy atom. The first kappa shape index (κ1) is 22.7. The number of benzene rings is 3. The minimum Gasteiger partial charge on any atom is -0.371 e. The number of para-hydroxylation sites is 1. The molecular weight excluding hydrogens is 438 g/mol. The molecule has 1 atom stereocenters. The first-order valence-electron chi connectivity index (χ1n) is 11.7. The van der Waals surface area contributed by atoms with Crippen molar-refractivity contribution >= 4 is 34.1 Å². The minimum absolute atomic E-state index is 0.0795. The van der Waals surface area contributed by atoms with Gasteiger partial charge in [0.2, 0.25) is 11.9 Å². The van der Waals surface area contributed by atoms with E-state index in [2.05, 4.69) is 33.1 Å². The summed E-state index contributed by atoms with van der Waals surface area (Å²) in [7, 11) is 0. The van der Waals surface area contributed by atoms with Crippen LogP contribution in [0.25, 0.3) is 22.0 Å². The van der Waals surface area contributed by atoms with Gasteiger partial charge in [0.1, 0.15) is 0 Å². The molecule has 0 radical (unpaired) electrons. The highest BCUT2D eigenvalue weighted by molar-refractivity contribution is 6.00. The van der Waals surface area contributed by atoms with E-state index in [-0.39, 0.29) is 12.0 Å². The molecule has 0 saturated carbocycles. The summed E-state index contributed by atoms with van der Waals surface area (Å²) in [5, 5.41) is 10.5. The number of ether oxygens (including phenoxy) is 1. The molecule has 0 spiro atoms. The molecule has 5 rings (SSSR count). The number of carbonyl (C=O) groups is 1. The van der Waals surface area contributed by atoms with Crippen molar-refractivity contribution in [2.75, 3.05) is 30.3 Å². The van der Waals surface area contributed by atoms with E-state index in [9.17, 15) is 4.79 Å². The third-order valence-electron chi connectivity index (χ3n) is 5.84. The van der Waals surface area contributed by atoms with Gasteiger partial charge in [-0.25, -0.2) is 9.97 Å². The van der Waals surface area contributed by atoms with E-state index in [4.69, 9.17) is 9.72 Å². The first-order chi connectivity index (χ1) is 17.2. The van der Waals surface area contributed by atoms with Crippen molar-refractivity contribution in [3.63, 3.8) is 0 Å². The number of anilines is 3. The molecule has 1 unspecified atom stereocenters. The summed E-state index contributed by atoms with van der Waals surface area (Å²) in [6, 6.07) is 21.9. The van der Waals surface area contributed by atoms with Gasteiger partial charge in [-0.1, -0.05) is 48.5 Å². The van der Waals surface area contributed by atoms with E-state index in [1.54, 1.807) is 6.08 Å².